The summed E-state index contributed by atoms with van der Waals surface area (Å²) in [5.41, 5.74) is 0.808. The predicted octanol–water partition coefficient (Wildman–Crippen LogP) is 4.21. The van der Waals surface area contributed by atoms with Crippen LogP contribution in [0.5, 0.6) is 5.75 Å². The van der Waals surface area contributed by atoms with E-state index in [2.05, 4.69) is 10.3 Å². The van der Waals surface area contributed by atoms with Crippen LogP contribution in [0.4, 0.5) is 18.3 Å². The Morgan fingerprint density at radius 1 is 1.30 bits per heavy atom. The molecule has 0 bridgehead atoms. The number of esters is 1. The van der Waals surface area contributed by atoms with Crippen molar-refractivity contribution in [2.75, 3.05) is 5.32 Å². The van der Waals surface area contributed by atoms with Gasteiger partial charge in [-0.05, 0) is 37.6 Å². The number of ether oxygens (including phenoxy) is 3. The minimum atomic E-state index is -4.34. The monoisotopic (exact) mass is 444 g/mol. The maximum Gasteiger partial charge on any atom is 0.393 e. The Bertz CT molecular complexity index is 925. The molecule has 0 aliphatic carbocycles. The molecule has 1 N–H and O–H groups in total. The Hall–Kier alpha value is -2.50. The summed E-state index contributed by atoms with van der Waals surface area (Å²) in [6.45, 7) is 3.43. The van der Waals surface area contributed by atoms with Crippen LogP contribution >= 0.6 is 11.3 Å². The molecule has 2 heterocycles. The number of nitrogens with zero attached hydrogens (tertiary/aromatic N) is 1. The molecular formula is C19H19F3N2O5S. The van der Waals surface area contributed by atoms with Crippen LogP contribution in [0, 0.1) is 6.92 Å². The van der Waals surface area contributed by atoms with Crippen molar-refractivity contribution in [3.63, 3.8) is 0 Å². The number of rotatable bonds is 7. The summed E-state index contributed by atoms with van der Waals surface area (Å²) in [5, 5.41) is 2.54. The molecule has 0 spiro atoms. The van der Waals surface area contributed by atoms with Crippen LogP contribution in [0.15, 0.2) is 24.4 Å². The van der Waals surface area contributed by atoms with Gasteiger partial charge in [0.25, 0.3) is 5.91 Å². The minimum Gasteiger partial charge on any atom is -0.426 e. The molecule has 0 unspecified atom stereocenters. The number of aryl methyl sites for hydroxylation is 1. The third-order valence-electron chi connectivity index (χ3n) is 4.08. The second kappa shape index (κ2) is 9.11. The SMILES string of the molecule is Cc1cc(C(=O)Nc2ncc(CC(F)(F)F)s2)ccc1OC(=O)CCC1OC(C)O1. The first-order chi connectivity index (χ1) is 14.1. The van der Waals surface area contributed by atoms with Gasteiger partial charge in [-0.15, -0.1) is 11.3 Å². The molecule has 7 nitrogen and oxygen atoms in total. The average molecular weight is 444 g/mol. The van der Waals surface area contributed by atoms with E-state index in [-0.39, 0.29) is 28.3 Å². The second-order valence-electron chi connectivity index (χ2n) is 6.64. The summed E-state index contributed by atoms with van der Waals surface area (Å²) in [5.74, 6) is -0.679. The third-order valence-corrected chi connectivity index (χ3v) is 4.99. The maximum atomic E-state index is 12.4. The Kier molecular flexibility index (Phi) is 6.74. The number of alkyl halides is 3. The smallest absolute Gasteiger partial charge is 0.393 e. The number of anilines is 1. The second-order valence-corrected chi connectivity index (χ2v) is 7.76. The molecule has 0 saturated carbocycles. The number of thiazole rings is 1. The number of carbonyl (C=O) groups excluding carboxylic acids is 2. The van der Waals surface area contributed by atoms with E-state index in [0.29, 0.717) is 17.7 Å². The number of benzene rings is 1. The van der Waals surface area contributed by atoms with Crippen LogP contribution in [0.3, 0.4) is 0 Å². The summed E-state index contributed by atoms with van der Waals surface area (Å²) in [4.78, 5) is 28.1. The molecule has 1 aromatic heterocycles. The van der Waals surface area contributed by atoms with Gasteiger partial charge in [0.1, 0.15) is 5.75 Å². The summed E-state index contributed by atoms with van der Waals surface area (Å²) < 4.78 is 53.0. The zero-order chi connectivity index (χ0) is 21.9. The van der Waals surface area contributed by atoms with Crippen LogP contribution in [0.25, 0.3) is 0 Å². The topological polar surface area (TPSA) is 86.8 Å². The fraction of sp³-hybridized carbons (Fsp3) is 0.421. The molecule has 1 aliphatic heterocycles. The lowest BCUT2D eigenvalue weighted by Crippen LogP contribution is -2.39. The Labute approximate surface area is 174 Å². The lowest BCUT2D eigenvalue weighted by atomic mass is 10.1. The van der Waals surface area contributed by atoms with E-state index >= 15 is 0 Å². The normalized spacial score (nSPS) is 18.6. The number of hydrogen-bond donors (Lipinski definition) is 1. The highest BCUT2D eigenvalue weighted by Crippen LogP contribution is 2.28. The predicted molar refractivity (Wildman–Crippen MR) is 101 cm³/mol. The van der Waals surface area contributed by atoms with Gasteiger partial charge in [-0.1, -0.05) is 0 Å². The maximum absolute atomic E-state index is 12.4. The van der Waals surface area contributed by atoms with Crippen LogP contribution in [0.1, 0.15) is 40.6 Å². The van der Waals surface area contributed by atoms with Crippen molar-refractivity contribution in [2.24, 2.45) is 0 Å². The van der Waals surface area contributed by atoms with Crippen LogP contribution < -0.4 is 10.1 Å². The fourth-order valence-electron chi connectivity index (χ4n) is 2.70. The number of halogens is 3. The molecule has 1 saturated heterocycles. The summed E-state index contributed by atoms with van der Waals surface area (Å²) in [7, 11) is 0. The standard InChI is InChI=1S/C19H19F3N2O5S/c1-10-7-12(17(26)24-18-23-9-13(30-18)8-19(20,21)22)3-4-14(10)29-15(25)5-6-16-27-11(2)28-16/h3-4,7,9,11,16H,5-6,8H2,1-2H3,(H,23,24,26). The van der Waals surface area contributed by atoms with Gasteiger partial charge >= 0.3 is 12.1 Å². The Morgan fingerprint density at radius 3 is 2.67 bits per heavy atom. The van der Waals surface area contributed by atoms with E-state index in [0.717, 1.165) is 17.5 Å². The molecule has 162 valence electrons. The van der Waals surface area contributed by atoms with E-state index in [1.165, 1.54) is 18.2 Å². The van der Waals surface area contributed by atoms with Gasteiger partial charge in [-0.2, -0.15) is 13.2 Å². The lowest BCUT2D eigenvalue weighted by molar-refractivity contribution is -0.376. The highest BCUT2D eigenvalue weighted by molar-refractivity contribution is 7.15. The fourth-order valence-corrected chi connectivity index (χ4v) is 3.54. The molecule has 0 radical (unpaired) electrons. The van der Waals surface area contributed by atoms with E-state index < -0.39 is 30.8 Å². The van der Waals surface area contributed by atoms with Gasteiger partial charge in [0.05, 0.1) is 12.8 Å². The molecule has 3 rings (SSSR count). The molecule has 11 heteroatoms. The van der Waals surface area contributed by atoms with Gasteiger partial charge in [-0.3, -0.25) is 14.9 Å². The minimum absolute atomic E-state index is 0.00315. The van der Waals surface area contributed by atoms with Gasteiger partial charge in [0.2, 0.25) is 0 Å². The van der Waals surface area contributed by atoms with Crippen molar-refractivity contribution in [1.82, 2.24) is 4.98 Å². The molecule has 1 aromatic carbocycles. The molecule has 30 heavy (non-hydrogen) atoms. The number of carbonyl (C=O) groups is 2. The number of aromatic nitrogens is 1. The number of hydrogen-bond acceptors (Lipinski definition) is 7. The first kappa shape index (κ1) is 22.2. The molecule has 1 fully saturated rings. The van der Waals surface area contributed by atoms with Crippen molar-refractivity contribution in [3.05, 3.63) is 40.4 Å². The van der Waals surface area contributed by atoms with Crippen molar-refractivity contribution in [3.8, 4) is 5.75 Å². The summed E-state index contributed by atoms with van der Waals surface area (Å²) in [6.07, 6.45) is -4.51. The molecule has 1 amide bonds. The van der Waals surface area contributed by atoms with Crippen molar-refractivity contribution in [2.45, 2.75) is 51.9 Å². The molecule has 2 aromatic rings. The number of amides is 1. The molecule has 0 atom stereocenters. The lowest BCUT2D eigenvalue weighted by Gasteiger charge is -2.33. The highest BCUT2D eigenvalue weighted by atomic mass is 32.1. The summed E-state index contributed by atoms with van der Waals surface area (Å²) >= 11 is 0.760. The largest absolute Gasteiger partial charge is 0.426 e. The highest BCUT2D eigenvalue weighted by Gasteiger charge is 2.29. The Morgan fingerprint density at radius 2 is 2.03 bits per heavy atom. The van der Waals surface area contributed by atoms with Crippen LogP contribution in [-0.2, 0) is 20.7 Å². The first-order valence-electron chi connectivity index (χ1n) is 9.04. The van der Waals surface area contributed by atoms with Crippen LogP contribution in [0.2, 0.25) is 0 Å². The van der Waals surface area contributed by atoms with E-state index in [1.54, 1.807) is 13.8 Å². The van der Waals surface area contributed by atoms with Crippen LogP contribution in [-0.4, -0.2) is 35.6 Å². The quantitative estimate of drug-likeness (QED) is 0.509. The van der Waals surface area contributed by atoms with Crippen molar-refractivity contribution >= 4 is 28.3 Å². The first-order valence-corrected chi connectivity index (χ1v) is 9.86. The Balaban J connectivity index is 1.53. The van der Waals surface area contributed by atoms with Gasteiger partial charge in [0, 0.05) is 23.1 Å². The van der Waals surface area contributed by atoms with E-state index in [9.17, 15) is 22.8 Å². The zero-order valence-corrected chi connectivity index (χ0v) is 16.9. The summed E-state index contributed by atoms with van der Waals surface area (Å²) in [6, 6.07) is 4.45. The van der Waals surface area contributed by atoms with Gasteiger partial charge < -0.3 is 14.2 Å². The van der Waals surface area contributed by atoms with E-state index in [1.807, 2.05) is 0 Å². The average Bonchev–Trinajstić information content (AvgIpc) is 3.04. The van der Waals surface area contributed by atoms with E-state index in [4.69, 9.17) is 14.2 Å². The third kappa shape index (κ3) is 6.25. The molecule has 1 aliphatic rings. The van der Waals surface area contributed by atoms with Crippen molar-refractivity contribution < 1.29 is 37.0 Å². The van der Waals surface area contributed by atoms with Crippen molar-refractivity contribution in [1.29, 1.82) is 0 Å². The molecular weight excluding hydrogens is 425 g/mol. The van der Waals surface area contributed by atoms with Gasteiger partial charge in [0.15, 0.2) is 17.7 Å². The number of nitrogens with one attached hydrogen (secondary N) is 1. The van der Waals surface area contributed by atoms with Gasteiger partial charge in [-0.25, -0.2) is 4.98 Å². The zero-order valence-electron chi connectivity index (χ0n) is 16.1.